The summed E-state index contributed by atoms with van der Waals surface area (Å²) >= 11 is 0. The molecule has 0 spiro atoms. The number of carbonyl (C=O) groups is 2. The summed E-state index contributed by atoms with van der Waals surface area (Å²) in [6.45, 7) is -0.0123. The molecule has 1 amide bonds. The molecular weight excluding hydrogens is 338 g/mol. The van der Waals surface area contributed by atoms with E-state index in [1.54, 1.807) is 31.4 Å². The molecule has 2 N–H and O–H groups in total. The maximum Gasteiger partial charge on any atom is 0.341 e. The lowest BCUT2D eigenvalue weighted by Gasteiger charge is -2.09. The molecule has 0 radical (unpaired) electrons. The molecule has 0 fully saturated rings. The van der Waals surface area contributed by atoms with E-state index in [9.17, 15) is 9.59 Å². The van der Waals surface area contributed by atoms with Gasteiger partial charge in [-0.25, -0.2) is 4.79 Å². The SMILES string of the molecule is COc1ccc(OCCCC(=O)Nc2cccc(OCC(=O)O)c2)cc1. The van der Waals surface area contributed by atoms with Crippen LogP contribution < -0.4 is 19.5 Å². The summed E-state index contributed by atoms with van der Waals surface area (Å²) in [6.07, 6.45) is 0.865. The van der Waals surface area contributed by atoms with E-state index in [4.69, 9.17) is 19.3 Å². The van der Waals surface area contributed by atoms with Crippen molar-refractivity contribution in [3.05, 3.63) is 48.5 Å². The summed E-state index contributed by atoms with van der Waals surface area (Å²) in [4.78, 5) is 22.5. The maximum absolute atomic E-state index is 12.0. The number of ether oxygens (including phenoxy) is 3. The van der Waals surface area contributed by atoms with Crippen molar-refractivity contribution in [1.82, 2.24) is 0 Å². The highest BCUT2D eigenvalue weighted by Crippen LogP contribution is 2.18. The lowest BCUT2D eigenvalue weighted by atomic mass is 10.2. The van der Waals surface area contributed by atoms with Crippen LogP contribution in [0.1, 0.15) is 12.8 Å². The minimum absolute atomic E-state index is 0.154. The molecular formula is C19H21NO6. The second-order valence-electron chi connectivity index (χ2n) is 5.39. The number of amides is 1. The largest absolute Gasteiger partial charge is 0.497 e. The fourth-order valence-electron chi connectivity index (χ4n) is 2.13. The van der Waals surface area contributed by atoms with Gasteiger partial charge in [-0.1, -0.05) is 6.07 Å². The van der Waals surface area contributed by atoms with Gasteiger partial charge in [0.2, 0.25) is 5.91 Å². The first kappa shape index (κ1) is 19.1. The van der Waals surface area contributed by atoms with Crippen LogP contribution in [-0.4, -0.2) is 37.3 Å². The van der Waals surface area contributed by atoms with Crippen LogP contribution in [0.15, 0.2) is 48.5 Å². The van der Waals surface area contributed by atoms with Crippen molar-refractivity contribution >= 4 is 17.6 Å². The normalized spacial score (nSPS) is 10.0. The maximum atomic E-state index is 12.0. The average molecular weight is 359 g/mol. The first-order valence-corrected chi connectivity index (χ1v) is 8.08. The van der Waals surface area contributed by atoms with Gasteiger partial charge in [0, 0.05) is 18.2 Å². The fraction of sp³-hybridized carbons (Fsp3) is 0.263. The molecule has 2 aromatic carbocycles. The van der Waals surface area contributed by atoms with Crippen LogP contribution in [0.5, 0.6) is 17.2 Å². The van der Waals surface area contributed by atoms with Gasteiger partial charge in [-0.05, 0) is 42.8 Å². The van der Waals surface area contributed by atoms with Crippen LogP contribution in [0.25, 0.3) is 0 Å². The Morgan fingerprint density at radius 1 is 1.00 bits per heavy atom. The molecule has 0 aliphatic heterocycles. The average Bonchev–Trinajstić information content (AvgIpc) is 2.64. The van der Waals surface area contributed by atoms with E-state index >= 15 is 0 Å². The zero-order chi connectivity index (χ0) is 18.8. The Morgan fingerprint density at radius 3 is 2.42 bits per heavy atom. The number of carbonyl (C=O) groups excluding carboxylic acids is 1. The molecule has 7 nitrogen and oxygen atoms in total. The minimum Gasteiger partial charge on any atom is -0.497 e. The van der Waals surface area contributed by atoms with Gasteiger partial charge in [-0.2, -0.15) is 0 Å². The predicted octanol–water partition coefficient (Wildman–Crippen LogP) is 2.96. The smallest absolute Gasteiger partial charge is 0.341 e. The van der Waals surface area contributed by atoms with E-state index in [2.05, 4.69) is 5.32 Å². The summed E-state index contributed by atoms with van der Waals surface area (Å²) in [5.74, 6) is 0.642. The second kappa shape index (κ2) is 9.93. The third kappa shape index (κ3) is 6.72. The zero-order valence-electron chi connectivity index (χ0n) is 14.4. The van der Waals surface area contributed by atoms with Crippen LogP contribution in [0.3, 0.4) is 0 Å². The number of benzene rings is 2. The molecule has 0 aliphatic rings. The summed E-state index contributed by atoms with van der Waals surface area (Å²) < 4.78 is 15.7. The van der Waals surface area contributed by atoms with Gasteiger partial charge < -0.3 is 24.6 Å². The van der Waals surface area contributed by atoms with Crippen molar-refractivity contribution < 1.29 is 28.9 Å². The monoisotopic (exact) mass is 359 g/mol. The van der Waals surface area contributed by atoms with Crippen molar-refractivity contribution in [2.24, 2.45) is 0 Å². The molecule has 7 heteroatoms. The second-order valence-corrected chi connectivity index (χ2v) is 5.39. The van der Waals surface area contributed by atoms with Gasteiger partial charge in [0.05, 0.1) is 13.7 Å². The first-order chi connectivity index (χ1) is 12.6. The third-order valence-electron chi connectivity index (χ3n) is 3.36. The molecule has 0 saturated heterocycles. The van der Waals surface area contributed by atoms with Crippen LogP contribution >= 0.6 is 0 Å². The Morgan fingerprint density at radius 2 is 1.73 bits per heavy atom. The van der Waals surface area contributed by atoms with E-state index in [1.165, 1.54) is 0 Å². The fourth-order valence-corrected chi connectivity index (χ4v) is 2.13. The molecule has 2 rings (SSSR count). The van der Waals surface area contributed by atoms with Gasteiger partial charge in [0.1, 0.15) is 17.2 Å². The van der Waals surface area contributed by atoms with Gasteiger partial charge in [0.25, 0.3) is 0 Å². The van der Waals surface area contributed by atoms with Crippen LogP contribution in [0.2, 0.25) is 0 Å². The summed E-state index contributed by atoms with van der Waals surface area (Å²) in [5, 5.41) is 11.4. The Kier molecular flexibility index (Phi) is 7.30. The quantitative estimate of drug-likeness (QED) is 0.634. The number of carboxylic acids is 1. The van der Waals surface area contributed by atoms with Gasteiger partial charge in [-0.3, -0.25) is 4.79 Å². The topological polar surface area (TPSA) is 94.1 Å². The first-order valence-electron chi connectivity index (χ1n) is 8.08. The molecule has 0 heterocycles. The standard InChI is InChI=1S/C19H21NO6/c1-24-15-7-9-16(10-8-15)25-11-3-6-18(21)20-14-4-2-5-17(12-14)26-13-19(22)23/h2,4-5,7-10,12H,3,6,11,13H2,1H3,(H,20,21)(H,22,23). The number of nitrogens with one attached hydrogen (secondary N) is 1. The highest BCUT2D eigenvalue weighted by atomic mass is 16.5. The van der Waals surface area contributed by atoms with Crippen molar-refractivity contribution in [2.75, 3.05) is 25.6 Å². The van der Waals surface area contributed by atoms with Crippen LogP contribution in [-0.2, 0) is 9.59 Å². The minimum atomic E-state index is -1.06. The number of anilines is 1. The molecule has 0 unspecified atom stereocenters. The highest BCUT2D eigenvalue weighted by molar-refractivity contribution is 5.90. The van der Waals surface area contributed by atoms with Crippen molar-refractivity contribution in [3.8, 4) is 17.2 Å². The lowest BCUT2D eigenvalue weighted by Crippen LogP contribution is -2.13. The predicted molar refractivity (Wildman–Crippen MR) is 95.9 cm³/mol. The van der Waals surface area contributed by atoms with Gasteiger partial charge >= 0.3 is 5.97 Å². The summed E-state index contributed by atoms with van der Waals surface area (Å²) in [7, 11) is 1.60. The van der Waals surface area contributed by atoms with E-state index < -0.39 is 12.6 Å². The van der Waals surface area contributed by atoms with E-state index in [1.807, 2.05) is 24.3 Å². The number of carboxylic acid groups (broad SMARTS) is 1. The van der Waals surface area contributed by atoms with Gasteiger partial charge in [0.15, 0.2) is 6.61 Å². The molecule has 0 atom stereocenters. The molecule has 26 heavy (non-hydrogen) atoms. The molecule has 138 valence electrons. The lowest BCUT2D eigenvalue weighted by molar-refractivity contribution is -0.139. The Hall–Kier alpha value is -3.22. The van der Waals surface area contributed by atoms with Crippen LogP contribution in [0.4, 0.5) is 5.69 Å². The highest BCUT2D eigenvalue weighted by Gasteiger charge is 2.05. The number of rotatable bonds is 10. The van der Waals surface area contributed by atoms with Crippen molar-refractivity contribution in [1.29, 1.82) is 0 Å². The summed E-state index contributed by atoms with van der Waals surface area (Å²) in [6, 6.07) is 13.8. The molecule has 2 aromatic rings. The Labute approximate surface area is 151 Å². The molecule has 0 bridgehead atoms. The zero-order valence-corrected chi connectivity index (χ0v) is 14.4. The molecule has 0 aliphatic carbocycles. The Bertz CT molecular complexity index is 729. The molecule has 0 saturated carbocycles. The molecule has 0 aromatic heterocycles. The van der Waals surface area contributed by atoms with Gasteiger partial charge in [-0.15, -0.1) is 0 Å². The van der Waals surface area contributed by atoms with E-state index in [0.29, 0.717) is 30.9 Å². The number of hydrogen-bond donors (Lipinski definition) is 2. The van der Waals surface area contributed by atoms with Crippen molar-refractivity contribution in [2.45, 2.75) is 12.8 Å². The Balaban J connectivity index is 1.71. The summed E-state index contributed by atoms with van der Waals surface area (Å²) in [5.41, 5.74) is 0.550. The third-order valence-corrected chi connectivity index (χ3v) is 3.36. The number of methoxy groups -OCH3 is 1. The number of aliphatic carboxylic acids is 1. The van der Waals surface area contributed by atoms with Crippen LogP contribution in [0, 0.1) is 0 Å². The van der Waals surface area contributed by atoms with Crippen molar-refractivity contribution in [3.63, 3.8) is 0 Å². The van der Waals surface area contributed by atoms with E-state index in [-0.39, 0.29) is 5.91 Å². The van der Waals surface area contributed by atoms with E-state index in [0.717, 1.165) is 11.5 Å². The number of hydrogen-bond acceptors (Lipinski definition) is 5.